The fourth-order valence-electron chi connectivity index (χ4n) is 0.927. The highest BCUT2D eigenvalue weighted by molar-refractivity contribution is 8.00. The zero-order valence-electron chi connectivity index (χ0n) is 11.8. The lowest BCUT2D eigenvalue weighted by molar-refractivity contribution is -0.191. The van der Waals surface area contributed by atoms with Gasteiger partial charge in [0.15, 0.2) is 0 Å². The van der Waals surface area contributed by atoms with Crippen molar-refractivity contribution in [2.24, 2.45) is 5.92 Å². The molecule has 0 aliphatic rings. The summed E-state index contributed by atoms with van der Waals surface area (Å²) < 4.78 is 4.61. The van der Waals surface area contributed by atoms with Crippen LogP contribution in [0.25, 0.3) is 0 Å². The van der Waals surface area contributed by atoms with Gasteiger partial charge in [-0.25, -0.2) is 4.79 Å². The van der Waals surface area contributed by atoms with E-state index in [0.29, 0.717) is 5.75 Å². The molecule has 0 aromatic carbocycles. The first kappa shape index (κ1) is 20.5. The number of carbonyl (C=O) groups excluding carboxylic acids is 4. The molecule has 2 unspecified atom stereocenters. The fraction of sp³-hybridized carbons (Fsp3) is 0.667. The molecule has 1 N–H and O–H groups in total. The summed E-state index contributed by atoms with van der Waals surface area (Å²) in [4.78, 5) is 39.2. The van der Waals surface area contributed by atoms with Gasteiger partial charge in [0, 0.05) is 11.7 Å². The van der Waals surface area contributed by atoms with E-state index in [1.807, 2.05) is 0 Å². The number of methoxy groups -OCH3 is 1. The van der Waals surface area contributed by atoms with Gasteiger partial charge in [0.1, 0.15) is 6.04 Å². The Morgan fingerprint density at radius 3 is 2.15 bits per heavy atom. The molecule has 0 heterocycles. The lowest BCUT2D eigenvalue weighted by atomic mass is 10.2. The van der Waals surface area contributed by atoms with Crippen LogP contribution >= 0.6 is 11.8 Å². The van der Waals surface area contributed by atoms with Gasteiger partial charge in [-0.05, 0) is 6.92 Å². The molecule has 7 nitrogen and oxygen atoms in total. The molecule has 0 fully saturated rings. The highest BCUT2D eigenvalue weighted by atomic mass is 32.2. The van der Waals surface area contributed by atoms with Gasteiger partial charge in [0.05, 0.1) is 18.4 Å². The number of ether oxygens (including phenoxy) is 1. The minimum Gasteiger partial charge on any atom is -0.467 e. The standard InChI is InChI=1S/C11H18N2O3S.CO2/c1-7(2)10(14)13-9(11(15)16-4)6-17-8(3)5-12;2-1-3/h7-9H,6H2,1-4H3,(H,13,14);. The van der Waals surface area contributed by atoms with E-state index in [2.05, 4.69) is 16.1 Å². The van der Waals surface area contributed by atoms with Crippen LogP contribution in [0.2, 0.25) is 0 Å². The molecule has 0 saturated heterocycles. The van der Waals surface area contributed by atoms with Crippen LogP contribution in [0.4, 0.5) is 0 Å². The molecule has 0 saturated carbocycles. The first-order valence-corrected chi connectivity index (χ1v) is 6.77. The van der Waals surface area contributed by atoms with Gasteiger partial charge >= 0.3 is 12.1 Å². The highest BCUT2D eigenvalue weighted by Crippen LogP contribution is 2.11. The maximum absolute atomic E-state index is 11.5. The molecule has 20 heavy (non-hydrogen) atoms. The van der Waals surface area contributed by atoms with Crippen molar-refractivity contribution in [3.05, 3.63) is 0 Å². The van der Waals surface area contributed by atoms with E-state index in [1.165, 1.54) is 18.9 Å². The molecule has 0 spiro atoms. The molecule has 1 amide bonds. The first-order valence-electron chi connectivity index (χ1n) is 5.72. The number of carbonyl (C=O) groups is 2. The second-order valence-corrected chi connectivity index (χ2v) is 5.30. The molecule has 0 rings (SSSR count). The molecular formula is C12H18N2O5S. The zero-order valence-corrected chi connectivity index (χ0v) is 12.7. The largest absolute Gasteiger partial charge is 0.467 e. The van der Waals surface area contributed by atoms with Gasteiger partial charge in [0.25, 0.3) is 0 Å². The number of thioether (sulfide) groups is 1. The van der Waals surface area contributed by atoms with Crippen molar-refractivity contribution in [1.29, 1.82) is 5.26 Å². The van der Waals surface area contributed by atoms with Gasteiger partial charge in [-0.15, -0.1) is 11.8 Å². The lowest BCUT2D eigenvalue weighted by Crippen LogP contribution is -2.45. The van der Waals surface area contributed by atoms with Crippen LogP contribution in [-0.4, -0.2) is 42.2 Å². The van der Waals surface area contributed by atoms with Crippen LogP contribution in [0.3, 0.4) is 0 Å². The van der Waals surface area contributed by atoms with Crippen molar-refractivity contribution in [2.45, 2.75) is 32.1 Å². The van der Waals surface area contributed by atoms with Crippen LogP contribution in [0.5, 0.6) is 0 Å². The van der Waals surface area contributed by atoms with Crippen LogP contribution in [0.1, 0.15) is 20.8 Å². The quantitative estimate of drug-likeness (QED) is 0.705. The van der Waals surface area contributed by atoms with Crippen molar-refractivity contribution in [3.63, 3.8) is 0 Å². The van der Waals surface area contributed by atoms with Gasteiger partial charge < -0.3 is 10.1 Å². The summed E-state index contributed by atoms with van der Waals surface area (Å²) in [6.07, 6.45) is 0.250. The Labute approximate surface area is 122 Å². The number of hydrogen-bond donors (Lipinski definition) is 1. The normalized spacial score (nSPS) is 12.0. The number of hydrogen-bond acceptors (Lipinski definition) is 7. The van der Waals surface area contributed by atoms with Crippen LogP contribution < -0.4 is 5.32 Å². The molecule has 0 aromatic heterocycles. The summed E-state index contributed by atoms with van der Waals surface area (Å²) in [7, 11) is 1.27. The summed E-state index contributed by atoms with van der Waals surface area (Å²) in [5.41, 5.74) is 0. The van der Waals surface area contributed by atoms with Crippen molar-refractivity contribution >= 4 is 29.8 Å². The third-order valence-electron chi connectivity index (χ3n) is 2.02. The second-order valence-electron chi connectivity index (χ2n) is 3.93. The summed E-state index contributed by atoms with van der Waals surface area (Å²) in [6.45, 7) is 5.23. The Morgan fingerprint density at radius 1 is 1.30 bits per heavy atom. The highest BCUT2D eigenvalue weighted by Gasteiger charge is 2.23. The Kier molecular flexibility index (Phi) is 12.5. The first-order chi connectivity index (χ1) is 9.33. The molecule has 8 heteroatoms. The third kappa shape index (κ3) is 10.1. The van der Waals surface area contributed by atoms with Crippen molar-refractivity contribution < 1.29 is 23.9 Å². The minimum absolute atomic E-state index is 0.194. The average molecular weight is 302 g/mol. The predicted octanol–water partition coefficient (Wildman–Crippen LogP) is 0.362. The monoisotopic (exact) mass is 302 g/mol. The van der Waals surface area contributed by atoms with E-state index >= 15 is 0 Å². The van der Waals surface area contributed by atoms with E-state index in [4.69, 9.17) is 14.9 Å². The zero-order chi connectivity index (χ0) is 16.1. The van der Waals surface area contributed by atoms with Crippen molar-refractivity contribution in [2.75, 3.05) is 12.9 Å². The van der Waals surface area contributed by atoms with Crippen LogP contribution in [0.15, 0.2) is 0 Å². The van der Waals surface area contributed by atoms with E-state index in [9.17, 15) is 9.59 Å². The maximum atomic E-state index is 11.5. The summed E-state index contributed by atoms with van der Waals surface area (Å²) in [5.74, 6) is -0.553. The van der Waals surface area contributed by atoms with Gasteiger partial charge in [-0.1, -0.05) is 13.8 Å². The molecule has 0 aliphatic carbocycles. The second kappa shape index (κ2) is 12.2. The molecule has 2 atom stereocenters. The summed E-state index contributed by atoms with van der Waals surface area (Å²) in [5, 5.41) is 11.0. The predicted molar refractivity (Wildman–Crippen MR) is 71.3 cm³/mol. The van der Waals surface area contributed by atoms with Crippen LogP contribution in [0, 0.1) is 17.2 Å². The van der Waals surface area contributed by atoms with E-state index in [0.717, 1.165) is 0 Å². The van der Waals surface area contributed by atoms with Crippen molar-refractivity contribution in [1.82, 2.24) is 5.32 Å². The molecule has 0 aliphatic heterocycles. The number of esters is 1. The van der Waals surface area contributed by atoms with E-state index in [1.54, 1.807) is 20.8 Å². The lowest BCUT2D eigenvalue weighted by Gasteiger charge is -2.17. The Balaban J connectivity index is 0. The number of nitriles is 1. The Morgan fingerprint density at radius 2 is 1.80 bits per heavy atom. The van der Waals surface area contributed by atoms with E-state index < -0.39 is 12.0 Å². The average Bonchev–Trinajstić information content (AvgIpc) is 2.42. The number of rotatable bonds is 6. The number of nitrogens with zero attached hydrogens (tertiary/aromatic N) is 1. The molecule has 0 bridgehead atoms. The van der Waals surface area contributed by atoms with Gasteiger partial charge in [-0.3, -0.25) is 4.79 Å². The minimum atomic E-state index is -0.698. The van der Waals surface area contributed by atoms with Gasteiger partial charge in [0.2, 0.25) is 5.91 Å². The fourth-order valence-corrected chi connectivity index (χ4v) is 1.70. The van der Waals surface area contributed by atoms with Gasteiger partial charge in [-0.2, -0.15) is 14.9 Å². The summed E-state index contributed by atoms with van der Waals surface area (Å²) in [6, 6.07) is 1.35. The summed E-state index contributed by atoms with van der Waals surface area (Å²) >= 11 is 1.31. The molecule has 0 aromatic rings. The Bertz CT molecular complexity index is 386. The Hall–Kier alpha value is -1.84. The third-order valence-corrected chi connectivity index (χ3v) is 3.15. The van der Waals surface area contributed by atoms with Crippen LogP contribution in [-0.2, 0) is 23.9 Å². The topological polar surface area (TPSA) is 113 Å². The van der Waals surface area contributed by atoms with Crippen molar-refractivity contribution in [3.8, 4) is 6.07 Å². The number of amides is 1. The molecular weight excluding hydrogens is 284 g/mol. The SMILES string of the molecule is COC(=O)C(CSC(C)C#N)NC(=O)C(C)C.O=C=O. The molecule has 0 radical (unpaired) electrons. The maximum Gasteiger partial charge on any atom is 0.373 e. The smallest absolute Gasteiger partial charge is 0.373 e. The number of nitrogens with one attached hydrogen (secondary N) is 1. The molecule has 112 valence electrons. The van der Waals surface area contributed by atoms with E-state index in [-0.39, 0.29) is 23.2 Å².